The minimum Gasteiger partial charge on any atom is -0.493 e. The predicted octanol–water partition coefficient (Wildman–Crippen LogP) is 3.28. The molecule has 0 saturated carbocycles. The number of rotatable bonds is 7. The zero-order valence-corrected chi connectivity index (χ0v) is 16.9. The summed E-state index contributed by atoms with van der Waals surface area (Å²) in [6, 6.07) is 10.7. The Labute approximate surface area is 180 Å². The molecule has 0 bridgehead atoms. The summed E-state index contributed by atoms with van der Waals surface area (Å²) in [4.78, 5) is 19.8. The Morgan fingerprint density at radius 3 is 2.47 bits per heavy atom. The molecule has 0 fully saturated rings. The lowest BCUT2D eigenvalue weighted by molar-refractivity contribution is -0.132. The Morgan fingerprint density at radius 2 is 1.78 bits per heavy atom. The number of benzene rings is 2. The van der Waals surface area contributed by atoms with Crippen LogP contribution in [0.25, 0.3) is 11.3 Å². The maximum Gasteiger partial charge on any atom is 0.308 e. The second-order valence-corrected chi connectivity index (χ2v) is 6.34. The molecule has 2 aromatic heterocycles. The molecule has 0 aliphatic heterocycles. The SMILES string of the molecule is COc1cc(/C=N/Nc2nc3nonc3nc2Nc2ccc(F)cc2)ccc1OC(C)=O. The van der Waals surface area contributed by atoms with Crippen LogP contribution in [-0.2, 0) is 4.79 Å². The first-order chi connectivity index (χ1) is 15.5. The summed E-state index contributed by atoms with van der Waals surface area (Å²) in [5.74, 6) is 0.361. The summed E-state index contributed by atoms with van der Waals surface area (Å²) in [5, 5.41) is 14.5. The molecule has 0 spiro atoms. The van der Waals surface area contributed by atoms with Gasteiger partial charge in [0, 0.05) is 12.6 Å². The van der Waals surface area contributed by atoms with Crippen LogP contribution in [0.15, 0.2) is 52.2 Å². The second kappa shape index (κ2) is 9.04. The van der Waals surface area contributed by atoms with E-state index in [1.807, 2.05) is 0 Å². The lowest BCUT2D eigenvalue weighted by atomic mass is 10.2. The third-order valence-electron chi connectivity index (χ3n) is 4.05. The van der Waals surface area contributed by atoms with E-state index in [0.29, 0.717) is 22.7 Å². The Kier molecular flexibility index (Phi) is 5.83. The Balaban J connectivity index is 1.57. The highest BCUT2D eigenvalue weighted by molar-refractivity contribution is 5.83. The zero-order chi connectivity index (χ0) is 22.5. The lowest BCUT2D eigenvalue weighted by Gasteiger charge is -2.09. The van der Waals surface area contributed by atoms with Crippen LogP contribution < -0.4 is 20.2 Å². The summed E-state index contributed by atoms with van der Waals surface area (Å²) < 4.78 is 28.2. The van der Waals surface area contributed by atoms with E-state index in [1.54, 1.807) is 30.3 Å². The molecule has 0 radical (unpaired) electrons. The molecule has 32 heavy (non-hydrogen) atoms. The van der Waals surface area contributed by atoms with Crippen molar-refractivity contribution in [3.05, 3.63) is 53.8 Å². The van der Waals surface area contributed by atoms with Gasteiger partial charge in [-0.15, -0.1) is 0 Å². The average molecular weight is 437 g/mol. The van der Waals surface area contributed by atoms with Crippen molar-refractivity contribution in [2.45, 2.75) is 6.92 Å². The number of halogens is 1. The van der Waals surface area contributed by atoms with Crippen molar-refractivity contribution in [1.82, 2.24) is 20.3 Å². The molecule has 4 aromatic rings. The maximum absolute atomic E-state index is 13.2. The Bertz CT molecular complexity index is 1290. The normalized spacial score (nSPS) is 11.0. The molecule has 4 rings (SSSR count). The van der Waals surface area contributed by atoms with E-state index >= 15 is 0 Å². The molecule has 2 heterocycles. The van der Waals surface area contributed by atoms with Crippen LogP contribution in [-0.4, -0.2) is 39.6 Å². The van der Waals surface area contributed by atoms with Crippen molar-refractivity contribution < 1.29 is 23.3 Å². The van der Waals surface area contributed by atoms with E-state index in [1.165, 1.54) is 32.4 Å². The van der Waals surface area contributed by atoms with Crippen LogP contribution in [0.1, 0.15) is 12.5 Å². The number of hydrazone groups is 1. The lowest BCUT2D eigenvalue weighted by Crippen LogP contribution is -2.04. The van der Waals surface area contributed by atoms with Gasteiger partial charge < -0.3 is 14.8 Å². The van der Waals surface area contributed by atoms with E-state index in [0.717, 1.165) is 0 Å². The van der Waals surface area contributed by atoms with Crippen molar-refractivity contribution in [2.75, 3.05) is 17.9 Å². The fourth-order valence-electron chi connectivity index (χ4n) is 2.64. The quantitative estimate of drug-likeness (QED) is 0.192. The van der Waals surface area contributed by atoms with Gasteiger partial charge in [0.15, 0.2) is 23.1 Å². The number of hydrogen-bond acceptors (Lipinski definition) is 11. The molecular weight excluding hydrogens is 421 g/mol. The van der Waals surface area contributed by atoms with Crippen LogP contribution in [0.2, 0.25) is 0 Å². The average Bonchev–Trinajstić information content (AvgIpc) is 3.23. The van der Waals surface area contributed by atoms with Gasteiger partial charge in [-0.25, -0.2) is 14.0 Å². The number of ether oxygens (including phenoxy) is 2. The minimum absolute atomic E-state index is 0.180. The first kappa shape index (κ1) is 20.7. The summed E-state index contributed by atoms with van der Waals surface area (Å²) in [6.45, 7) is 1.30. The Morgan fingerprint density at radius 1 is 1.06 bits per heavy atom. The zero-order valence-electron chi connectivity index (χ0n) is 16.9. The molecule has 0 aliphatic carbocycles. The summed E-state index contributed by atoms with van der Waals surface area (Å²) in [7, 11) is 1.46. The van der Waals surface area contributed by atoms with Gasteiger partial charge >= 0.3 is 5.97 Å². The third kappa shape index (κ3) is 4.75. The van der Waals surface area contributed by atoms with Crippen LogP contribution in [0.5, 0.6) is 11.5 Å². The van der Waals surface area contributed by atoms with Crippen LogP contribution >= 0.6 is 0 Å². The molecule has 162 valence electrons. The van der Waals surface area contributed by atoms with Gasteiger partial charge in [0.1, 0.15) is 5.82 Å². The van der Waals surface area contributed by atoms with Crippen molar-refractivity contribution in [2.24, 2.45) is 5.10 Å². The highest BCUT2D eigenvalue weighted by Crippen LogP contribution is 2.28. The number of carbonyl (C=O) groups excluding carboxylic acids is 1. The fourth-order valence-corrected chi connectivity index (χ4v) is 2.64. The van der Waals surface area contributed by atoms with Crippen LogP contribution in [0.4, 0.5) is 21.7 Å². The number of fused-ring (bicyclic) bond motifs is 1. The maximum atomic E-state index is 13.2. The molecule has 0 atom stereocenters. The molecule has 0 amide bonds. The molecular formula is C20H16FN7O4. The second-order valence-electron chi connectivity index (χ2n) is 6.34. The van der Waals surface area contributed by atoms with Crippen LogP contribution in [0.3, 0.4) is 0 Å². The predicted molar refractivity (Wildman–Crippen MR) is 113 cm³/mol. The van der Waals surface area contributed by atoms with Gasteiger partial charge in [-0.3, -0.25) is 10.2 Å². The van der Waals surface area contributed by atoms with Gasteiger partial charge in [0.05, 0.1) is 13.3 Å². The number of methoxy groups -OCH3 is 1. The van der Waals surface area contributed by atoms with Gasteiger partial charge in [-0.05, 0) is 58.3 Å². The van der Waals surface area contributed by atoms with Gasteiger partial charge in [-0.1, -0.05) is 0 Å². The topological polar surface area (TPSA) is 137 Å². The van der Waals surface area contributed by atoms with E-state index in [4.69, 9.17) is 9.47 Å². The van der Waals surface area contributed by atoms with Gasteiger partial charge in [0.2, 0.25) is 11.3 Å². The first-order valence-electron chi connectivity index (χ1n) is 9.20. The summed E-state index contributed by atoms with van der Waals surface area (Å²) >= 11 is 0. The number of carbonyl (C=O) groups is 1. The van der Waals surface area contributed by atoms with Crippen LogP contribution in [0, 0.1) is 5.82 Å². The molecule has 2 aromatic carbocycles. The van der Waals surface area contributed by atoms with Crippen molar-refractivity contribution in [3.8, 4) is 11.5 Å². The highest BCUT2D eigenvalue weighted by atomic mass is 19.1. The Hall–Kier alpha value is -4.61. The standard InChI is InChI=1S/C20H16FN7O4/c1-11(29)31-15-8-3-12(9-16(15)30-2)10-22-26-18-17(23-14-6-4-13(21)5-7-14)24-19-20(25-18)28-32-27-19/h3-10H,1-2H3,(H,23,24,27)(H,25,26,28)/b22-10+. The van der Waals surface area contributed by atoms with E-state index in [9.17, 15) is 9.18 Å². The summed E-state index contributed by atoms with van der Waals surface area (Å²) in [5.41, 5.74) is 4.39. The summed E-state index contributed by atoms with van der Waals surface area (Å²) in [6.07, 6.45) is 1.51. The van der Waals surface area contributed by atoms with Crippen molar-refractivity contribution in [3.63, 3.8) is 0 Å². The van der Waals surface area contributed by atoms with E-state index in [2.05, 4.69) is 40.8 Å². The largest absolute Gasteiger partial charge is 0.493 e. The molecule has 0 saturated heterocycles. The number of aromatic nitrogens is 4. The molecule has 11 nitrogen and oxygen atoms in total. The number of hydrogen-bond donors (Lipinski definition) is 2. The molecule has 0 aliphatic rings. The number of nitrogens with zero attached hydrogens (tertiary/aromatic N) is 5. The monoisotopic (exact) mass is 437 g/mol. The number of esters is 1. The van der Waals surface area contributed by atoms with Crippen molar-refractivity contribution in [1.29, 1.82) is 0 Å². The van der Waals surface area contributed by atoms with E-state index < -0.39 is 5.97 Å². The number of nitrogens with one attached hydrogen (secondary N) is 2. The fraction of sp³-hybridized carbons (Fsp3) is 0.100. The third-order valence-corrected chi connectivity index (χ3v) is 4.05. The smallest absolute Gasteiger partial charge is 0.308 e. The van der Waals surface area contributed by atoms with Crippen molar-refractivity contribution >= 4 is 40.8 Å². The van der Waals surface area contributed by atoms with E-state index in [-0.39, 0.29) is 28.7 Å². The molecule has 2 N–H and O–H groups in total. The molecule has 12 heteroatoms. The number of anilines is 3. The van der Waals surface area contributed by atoms with Gasteiger partial charge in [0.25, 0.3) is 0 Å². The minimum atomic E-state index is -0.455. The van der Waals surface area contributed by atoms with Gasteiger partial charge in [-0.2, -0.15) is 10.1 Å². The highest BCUT2D eigenvalue weighted by Gasteiger charge is 2.13. The first-order valence-corrected chi connectivity index (χ1v) is 9.20. The molecule has 0 unspecified atom stereocenters.